The van der Waals surface area contributed by atoms with Crippen molar-refractivity contribution in [3.05, 3.63) is 48.2 Å². The maximum absolute atomic E-state index is 12.8. The van der Waals surface area contributed by atoms with E-state index in [1.807, 2.05) is 18.2 Å². The molecule has 9 heteroatoms. The number of aromatic hydroxyl groups is 1. The van der Waals surface area contributed by atoms with Crippen LogP contribution in [0.15, 0.2) is 42.6 Å². The molecule has 3 aromatic rings. The van der Waals surface area contributed by atoms with E-state index in [0.29, 0.717) is 22.4 Å². The number of nitrogens with zero attached hydrogens (tertiary/aromatic N) is 4. The Morgan fingerprint density at radius 3 is 2.89 bits per heavy atom. The van der Waals surface area contributed by atoms with E-state index < -0.39 is 0 Å². The zero-order chi connectivity index (χ0) is 19.5. The molecule has 8 nitrogen and oxygen atoms in total. The smallest absolute Gasteiger partial charge is 0.324 e. The van der Waals surface area contributed by atoms with E-state index in [0.717, 1.165) is 24.1 Å². The van der Waals surface area contributed by atoms with Gasteiger partial charge in [-0.25, -0.2) is 4.79 Å². The normalized spacial score (nSPS) is 13.2. The summed E-state index contributed by atoms with van der Waals surface area (Å²) < 4.78 is 5.15. The van der Waals surface area contributed by atoms with Crippen LogP contribution in [0.1, 0.15) is 18.4 Å². The number of urea groups is 1. The second-order valence-electron chi connectivity index (χ2n) is 6.42. The van der Waals surface area contributed by atoms with Gasteiger partial charge in [0.15, 0.2) is 16.5 Å². The van der Waals surface area contributed by atoms with Crippen LogP contribution in [0.2, 0.25) is 0 Å². The number of hydrogen-bond donors (Lipinski definition) is 2. The molecule has 0 aliphatic heterocycles. The summed E-state index contributed by atoms with van der Waals surface area (Å²) in [5.74, 6) is 0.461. The molecular formula is C19H19N5O3S. The fraction of sp³-hybridized carbons (Fsp3) is 0.263. The van der Waals surface area contributed by atoms with Gasteiger partial charge in [0.1, 0.15) is 5.69 Å². The molecule has 2 amide bonds. The Morgan fingerprint density at radius 2 is 2.18 bits per heavy atom. The maximum atomic E-state index is 12.8. The third-order valence-corrected chi connectivity index (χ3v) is 5.23. The zero-order valence-corrected chi connectivity index (χ0v) is 16.0. The molecule has 0 radical (unpaired) electrons. The molecule has 1 aromatic carbocycles. The first-order valence-corrected chi connectivity index (χ1v) is 9.64. The predicted molar refractivity (Wildman–Crippen MR) is 105 cm³/mol. The molecule has 0 atom stereocenters. The third-order valence-electron chi connectivity index (χ3n) is 4.37. The summed E-state index contributed by atoms with van der Waals surface area (Å²) in [5, 5.41) is 21.8. The molecule has 28 heavy (non-hydrogen) atoms. The lowest BCUT2D eigenvalue weighted by Gasteiger charge is -2.22. The fourth-order valence-electron chi connectivity index (χ4n) is 2.80. The van der Waals surface area contributed by atoms with Gasteiger partial charge in [-0.05, 0) is 42.7 Å². The SMILES string of the molecule is COc1cc(CN(C(=O)Nc2nnc(-c3ccccn3)s2)C2CC2)ccc1O. The highest BCUT2D eigenvalue weighted by molar-refractivity contribution is 7.18. The van der Waals surface area contributed by atoms with Crippen molar-refractivity contribution in [2.24, 2.45) is 0 Å². The molecule has 0 unspecified atom stereocenters. The zero-order valence-electron chi connectivity index (χ0n) is 15.2. The van der Waals surface area contributed by atoms with Crippen LogP contribution < -0.4 is 10.1 Å². The van der Waals surface area contributed by atoms with Crippen LogP contribution >= 0.6 is 11.3 Å². The van der Waals surface area contributed by atoms with Gasteiger partial charge in [0.25, 0.3) is 0 Å². The molecule has 2 aromatic heterocycles. The first-order valence-electron chi connectivity index (χ1n) is 8.82. The van der Waals surface area contributed by atoms with Crippen molar-refractivity contribution >= 4 is 22.5 Å². The van der Waals surface area contributed by atoms with Gasteiger partial charge in [0, 0.05) is 18.8 Å². The Bertz CT molecular complexity index is 975. The van der Waals surface area contributed by atoms with Crippen molar-refractivity contribution < 1.29 is 14.6 Å². The molecule has 144 valence electrons. The van der Waals surface area contributed by atoms with Crippen LogP contribution in [0.4, 0.5) is 9.93 Å². The number of amides is 2. The molecule has 1 fully saturated rings. The van der Waals surface area contributed by atoms with E-state index in [1.54, 1.807) is 29.3 Å². The molecule has 0 saturated heterocycles. The van der Waals surface area contributed by atoms with Crippen molar-refractivity contribution in [2.75, 3.05) is 12.4 Å². The summed E-state index contributed by atoms with van der Waals surface area (Å²) >= 11 is 1.28. The van der Waals surface area contributed by atoms with Crippen LogP contribution in [0.3, 0.4) is 0 Å². The van der Waals surface area contributed by atoms with E-state index in [9.17, 15) is 9.90 Å². The van der Waals surface area contributed by atoms with Crippen LogP contribution in [-0.4, -0.2) is 44.4 Å². The maximum Gasteiger partial charge on any atom is 0.324 e. The Hall–Kier alpha value is -3.20. The lowest BCUT2D eigenvalue weighted by Crippen LogP contribution is -2.36. The molecule has 4 rings (SSSR count). The van der Waals surface area contributed by atoms with Crippen molar-refractivity contribution in [1.29, 1.82) is 0 Å². The molecule has 2 N–H and O–H groups in total. The molecule has 1 aliphatic carbocycles. The number of phenolic OH excluding ortho intramolecular Hbond substituents is 1. The summed E-state index contributed by atoms with van der Waals surface area (Å²) in [6.07, 6.45) is 3.63. The summed E-state index contributed by atoms with van der Waals surface area (Å²) in [7, 11) is 1.50. The van der Waals surface area contributed by atoms with Crippen molar-refractivity contribution in [3.63, 3.8) is 0 Å². The van der Waals surface area contributed by atoms with E-state index >= 15 is 0 Å². The van der Waals surface area contributed by atoms with Crippen molar-refractivity contribution in [3.8, 4) is 22.2 Å². The number of phenols is 1. The predicted octanol–water partition coefficient (Wildman–Crippen LogP) is 3.51. The molecule has 1 aliphatic rings. The van der Waals surface area contributed by atoms with Crippen LogP contribution in [0.25, 0.3) is 10.7 Å². The lowest BCUT2D eigenvalue weighted by molar-refractivity contribution is 0.206. The Balaban J connectivity index is 1.47. The van der Waals surface area contributed by atoms with Gasteiger partial charge < -0.3 is 14.7 Å². The first-order chi connectivity index (χ1) is 13.6. The van der Waals surface area contributed by atoms with Gasteiger partial charge in [-0.2, -0.15) is 0 Å². The number of benzene rings is 1. The summed E-state index contributed by atoms with van der Waals surface area (Å²) in [6, 6.07) is 10.6. The average molecular weight is 397 g/mol. The van der Waals surface area contributed by atoms with Crippen LogP contribution in [0.5, 0.6) is 11.5 Å². The molecule has 2 heterocycles. The number of pyridine rings is 1. The quantitative estimate of drug-likeness (QED) is 0.660. The van der Waals surface area contributed by atoms with Gasteiger partial charge in [-0.1, -0.05) is 23.5 Å². The highest BCUT2D eigenvalue weighted by Crippen LogP contribution is 2.32. The minimum absolute atomic E-state index is 0.0737. The second kappa shape index (κ2) is 7.81. The number of anilines is 1. The van der Waals surface area contributed by atoms with E-state index in [4.69, 9.17) is 4.74 Å². The number of methoxy groups -OCH3 is 1. The molecule has 0 bridgehead atoms. The minimum Gasteiger partial charge on any atom is -0.504 e. The van der Waals surface area contributed by atoms with Crippen molar-refractivity contribution in [2.45, 2.75) is 25.4 Å². The van der Waals surface area contributed by atoms with E-state index in [1.165, 1.54) is 18.4 Å². The number of hydrogen-bond acceptors (Lipinski definition) is 7. The number of rotatable bonds is 6. The van der Waals surface area contributed by atoms with Gasteiger partial charge in [-0.15, -0.1) is 10.2 Å². The number of nitrogens with one attached hydrogen (secondary N) is 1. The molecular weight excluding hydrogens is 378 g/mol. The highest BCUT2D eigenvalue weighted by atomic mass is 32.1. The van der Waals surface area contributed by atoms with E-state index in [2.05, 4.69) is 20.5 Å². The number of carbonyl (C=O) groups is 1. The Kier molecular flexibility index (Phi) is 5.07. The minimum atomic E-state index is -0.224. The number of carbonyl (C=O) groups excluding carboxylic acids is 1. The largest absolute Gasteiger partial charge is 0.504 e. The van der Waals surface area contributed by atoms with Crippen LogP contribution in [-0.2, 0) is 6.54 Å². The van der Waals surface area contributed by atoms with Gasteiger partial charge in [0.2, 0.25) is 5.13 Å². The summed E-state index contributed by atoms with van der Waals surface area (Å²) in [5.41, 5.74) is 1.60. The summed E-state index contributed by atoms with van der Waals surface area (Å²) in [4.78, 5) is 18.8. The van der Waals surface area contributed by atoms with Gasteiger partial charge in [0.05, 0.1) is 7.11 Å². The Morgan fingerprint density at radius 1 is 1.32 bits per heavy atom. The second-order valence-corrected chi connectivity index (χ2v) is 7.40. The average Bonchev–Trinajstić information content (AvgIpc) is 3.46. The van der Waals surface area contributed by atoms with E-state index in [-0.39, 0.29) is 17.8 Å². The Labute approximate surface area is 165 Å². The topological polar surface area (TPSA) is 100 Å². The monoisotopic (exact) mass is 397 g/mol. The van der Waals surface area contributed by atoms with Gasteiger partial charge >= 0.3 is 6.03 Å². The van der Waals surface area contributed by atoms with Gasteiger partial charge in [-0.3, -0.25) is 10.3 Å². The molecule has 0 spiro atoms. The standard InChI is InChI=1S/C19H19N5O3S/c1-27-16-10-12(5-8-15(16)25)11-24(13-6-7-13)19(26)21-18-23-22-17(28-18)14-4-2-3-9-20-14/h2-5,8-10,13,25H,6-7,11H2,1H3,(H,21,23,26). The fourth-order valence-corrected chi connectivity index (χ4v) is 3.51. The third kappa shape index (κ3) is 4.04. The lowest BCUT2D eigenvalue weighted by atomic mass is 10.2. The van der Waals surface area contributed by atoms with Crippen molar-refractivity contribution in [1.82, 2.24) is 20.1 Å². The molecule has 1 saturated carbocycles. The highest BCUT2D eigenvalue weighted by Gasteiger charge is 2.33. The number of ether oxygens (including phenoxy) is 1. The summed E-state index contributed by atoms with van der Waals surface area (Å²) in [6.45, 7) is 0.416. The first kappa shape index (κ1) is 18.2. The van der Waals surface area contributed by atoms with Crippen LogP contribution in [0, 0.1) is 0 Å². The number of aromatic nitrogens is 3.